The first-order valence-corrected chi connectivity index (χ1v) is 7.39. The van der Waals surface area contributed by atoms with Gasteiger partial charge in [0.2, 0.25) is 0 Å². The first-order valence-electron chi connectivity index (χ1n) is 6.23. The maximum absolute atomic E-state index is 12.8. The molecule has 6 heteroatoms. The summed E-state index contributed by atoms with van der Waals surface area (Å²) in [6.45, 7) is 3.42. The molecule has 0 aromatic heterocycles. The van der Waals surface area contributed by atoms with E-state index in [1.54, 1.807) is 0 Å². The Balaban J connectivity index is 1.80. The lowest BCUT2D eigenvalue weighted by molar-refractivity contribution is 0.0946. The van der Waals surface area contributed by atoms with Gasteiger partial charge in [-0.05, 0) is 12.1 Å². The van der Waals surface area contributed by atoms with Gasteiger partial charge in [0.15, 0.2) is 0 Å². The van der Waals surface area contributed by atoms with E-state index in [4.69, 9.17) is 0 Å². The summed E-state index contributed by atoms with van der Waals surface area (Å²) in [4.78, 5) is 14.1. The average Bonchev–Trinajstić information content (AvgIpc) is 2.39. The van der Waals surface area contributed by atoms with E-state index in [2.05, 4.69) is 10.2 Å². The fourth-order valence-corrected chi connectivity index (χ4v) is 2.92. The van der Waals surface area contributed by atoms with Crippen molar-refractivity contribution < 1.29 is 14.3 Å². The van der Waals surface area contributed by atoms with Crippen LogP contribution in [0.2, 0.25) is 0 Å². The van der Waals surface area contributed by atoms with Gasteiger partial charge in [-0.25, -0.2) is 4.39 Å². The number of benzene rings is 1. The van der Waals surface area contributed by atoms with Crippen molar-refractivity contribution in [2.75, 3.05) is 37.7 Å². The van der Waals surface area contributed by atoms with E-state index in [1.165, 1.54) is 6.07 Å². The zero-order chi connectivity index (χ0) is 13.7. The number of phenolic OH excluding ortho intramolecular Hbond substituents is 1. The molecule has 0 aliphatic carbocycles. The molecule has 1 saturated heterocycles. The van der Waals surface area contributed by atoms with Gasteiger partial charge < -0.3 is 10.4 Å². The molecule has 19 heavy (non-hydrogen) atoms. The van der Waals surface area contributed by atoms with Gasteiger partial charge in [0, 0.05) is 43.8 Å². The number of nitrogens with one attached hydrogen (secondary N) is 1. The minimum Gasteiger partial charge on any atom is -0.507 e. The molecule has 2 rings (SSSR count). The van der Waals surface area contributed by atoms with Gasteiger partial charge in [-0.2, -0.15) is 11.8 Å². The topological polar surface area (TPSA) is 52.6 Å². The first-order chi connectivity index (χ1) is 9.16. The zero-order valence-electron chi connectivity index (χ0n) is 10.6. The number of hydrogen-bond donors (Lipinski definition) is 2. The molecule has 1 aromatic rings. The maximum Gasteiger partial charge on any atom is 0.255 e. The van der Waals surface area contributed by atoms with Crippen molar-refractivity contribution in [3.63, 3.8) is 0 Å². The summed E-state index contributed by atoms with van der Waals surface area (Å²) in [6, 6.07) is 3.39. The molecule has 4 nitrogen and oxygen atoms in total. The van der Waals surface area contributed by atoms with Crippen LogP contribution in [0.5, 0.6) is 5.75 Å². The number of thioether (sulfide) groups is 1. The molecular weight excluding hydrogens is 267 g/mol. The standard InChI is InChI=1S/C13H17FN2O2S/c14-10-1-2-11(12(17)9-10)13(18)15-3-4-16-5-7-19-8-6-16/h1-2,9,17H,3-8H2,(H,15,18). The molecule has 1 aliphatic heterocycles. The van der Waals surface area contributed by atoms with Crippen molar-refractivity contribution in [1.82, 2.24) is 10.2 Å². The Labute approximate surface area is 116 Å². The number of rotatable bonds is 4. The minimum atomic E-state index is -0.556. The third kappa shape index (κ3) is 4.11. The number of halogens is 1. The molecule has 1 heterocycles. The van der Waals surface area contributed by atoms with Gasteiger partial charge in [-0.15, -0.1) is 0 Å². The molecule has 1 amide bonds. The minimum absolute atomic E-state index is 0.107. The van der Waals surface area contributed by atoms with Crippen LogP contribution in [0.25, 0.3) is 0 Å². The van der Waals surface area contributed by atoms with Crippen molar-refractivity contribution >= 4 is 17.7 Å². The number of aromatic hydroxyl groups is 1. The maximum atomic E-state index is 12.8. The molecule has 0 bridgehead atoms. The highest BCUT2D eigenvalue weighted by Gasteiger charge is 2.13. The van der Waals surface area contributed by atoms with Crippen molar-refractivity contribution in [2.24, 2.45) is 0 Å². The number of carbonyl (C=O) groups excluding carboxylic acids is 1. The van der Waals surface area contributed by atoms with Crippen molar-refractivity contribution in [2.45, 2.75) is 0 Å². The molecular formula is C13H17FN2O2S. The van der Waals surface area contributed by atoms with Crippen LogP contribution in [0.3, 0.4) is 0 Å². The van der Waals surface area contributed by atoms with E-state index < -0.39 is 5.82 Å². The van der Waals surface area contributed by atoms with Gasteiger partial charge in [0.05, 0.1) is 5.56 Å². The Morgan fingerprint density at radius 3 is 2.84 bits per heavy atom. The Kier molecular flexibility index (Phi) is 5.04. The Morgan fingerprint density at radius 2 is 2.16 bits per heavy atom. The van der Waals surface area contributed by atoms with Crippen LogP contribution >= 0.6 is 11.8 Å². The van der Waals surface area contributed by atoms with E-state index in [0.717, 1.165) is 43.3 Å². The van der Waals surface area contributed by atoms with Crippen molar-refractivity contribution in [3.05, 3.63) is 29.6 Å². The highest BCUT2D eigenvalue weighted by Crippen LogP contribution is 2.17. The van der Waals surface area contributed by atoms with Crippen LogP contribution in [0.4, 0.5) is 4.39 Å². The number of amides is 1. The van der Waals surface area contributed by atoms with E-state index in [9.17, 15) is 14.3 Å². The van der Waals surface area contributed by atoms with Crippen LogP contribution in [0, 0.1) is 5.82 Å². The third-order valence-corrected chi connectivity index (χ3v) is 3.96. The Hall–Kier alpha value is -1.27. The van der Waals surface area contributed by atoms with Crippen LogP contribution in [-0.4, -0.2) is 53.6 Å². The molecule has 0 spiro atoms. The summed E-state index contributed by atoms with van der Waals surface area (Å²) in [5, 5.41) is 12.2. The highest BCUT2D eigenvalue weighted by atomic mass is 32.2. The fraction of sp³-hybridized carbons (Fsp3) is 0.462. The normalized spacial score (nSPS) is 16.3. The molecule has 1 fully saturated rings. The SMILES string of the molecule is O=C(NCCN1CCSCC1)c1ccc(F)cc1O. The van der Waals surface area contributed by atoms with Gasteiger partial charge in [0.25, 0.3) is 5.91 Å². The molecule has 1 aromatic carbocycles. The second-order valence-corrected chi connectivity index (χ2v) is 5.60. The van der Waals surface area contributed by atoms with E-state index >= 15 is 0 Å². The lowest BCUT2D eigenvalue weighted by atomic mass is 10.2. The molecule has 104 valence electrons. The number of phenols is 1. The van der Waals surface area contributed by atoms with Crippen LogP contribution < -0.4 is 5.32 Å². The lowest BCUT2D eigenvalue weighted by Crippen LogP contribution is -2.39. The second-order valence-electron chi connectivity index (χ2n) is 4.37. The molecule has 2 N–H and O–H groups in total. The van der Waals surface area contributed by atoms with Gasteiger partial charge >= 0.3 is 0 Å². The van der Waals surface area contributed by atoms with Gasteiger partial charge in [-0.1, -0.05) is 0 Å². The average molecular weight is 284 g/mol. The van der Waals surface area contributed by atoms with E-state index in [-0.39, 0.29) is 17.2 Å². The van der Waals surface area contributed by atoms with E-state index in [0.29, 0.717) is 6.54 Å². The molecule has 0 radical (unpaired) electrons. The third-order valence-electron chi connectivity index (χ3n) is 3.02. The van der Waals surface area contributed by atoms with Crippen LogP contribution in [0.15, 0.2) is 18.2 Å². The molecule has 0 atom stereocenters. The molecule has 0 unspecified atom stereocenters. The van der Waals surface area contributed by atoms with Crippen molar-refractivity contribution in [3.8, 4) is 5.75 Å². The molecule has 0 saturated carbocycles. The van der Waals surface area contributed by atoms with E-state index in [1.807, 2.05) is 11.8 Å². The largest absolute Gasteiger partial charge is 0.507 e. The predicted molar refractivity (Wildman–Crippen MR) is 74.2 cm³/mol. The van der Waals surface area contributed by atoms with Crippen molar-refractivity contribution in [1.29, 1.82) is 0 Å². The number of carbonyl (C=O) groups is 1. The lowest BCUT2D eigenvalue weighted by Gasteiger charge is -2.26. The summed E-state index contributed by atoms with van der Waals surface area (Å²) in [5.74, 6) is 1.01. The quantitative estimate of drug-likeness (QED) is 0.875. The Bertz CT molecular complexity index is 450. The summed E-state index contributed by atoms with van der Waals surface area (Å²) in [7, 11) is 0. The molecule has 1 aliphatic rings. The zero-order valence-corrected chi connectivity index (χ0v) is 11.4. The van der Waals surface area contributed by atoms with Crippen LogP contribution in [0.1, 0.15) is 10.4 Å². The monoisotopic (exact) mass is 284 g/mol. The summed E-state index contributed by atoms with van der Waals surface area (Å²) < 4.78 is 12.8. The number of nitrogens with zero attached hydrogens (tertiary/aromatic N) is 1. The van der Waals surface area contributed by atoms with Gasteiger partial charge in [-0.3, -0.25) is 9.69 Å². The summed E-state index contributed by atoms with van der Waals surface area (Å²) in [5.41, 5.74) is 0.107. The Morgan fingerprint density at radius 1 is 1.42 bits per heavy atom. The summed E-state index contributed by atoms with van der Waals surface area (Å²) in [6.07, 6.45) is 0. The first kappa shape index (κ1) is 14.1. The predicted octanol–water partition coefficient (Wildman–Crippen LogP) is 1.31. The number of hydrogen-bond acceptors (Lipinski definition) is 4. The smallest absolute Gasteiger partial charge is 0.255 e. The fourth-order valence-electron chi connectivity index (χ4n) is 1.94. The highest BCUT2D eigenvalue weighted by molar-refractivity contribution is 7.99. The van der Waals surface area contributed by atoms with Gasteiger partial charge in [0.1, 0.15) is 11.6 Å². The summed E-state index contributed by atoms with van der Waals surface area (Å²) >= 11 is 1.94. The van der Waals surface area contributed by atoms with Crippen LogP contribution in [-0.2, 0) is 0 Å². The second kappa shape index (κ2) is 6.77.